The molecular weight excluding hydrogens is 120 g/mol. The number of hydrogen-bond donors (Lipinski definition) is 1. The highest BCUT2D eigenvalue weighted by molar-refractivity contribution is 6.70. The Bertz CT molecular complexity index is 74.8. The Morgan fingerprint density at radius 1 is 1.00 bits per heavy atom. The zero-order valence-corrected chi connectivity index (χ0v) is 5.40. The maximum atomic E-state index is 8.73. The van der Waals surface area contributed by atoms with Crippen LogP contribution in [0.4, 0.5) is 0 Å². The van der Waals surface area contributed by atoms with Crippen molar-refractivity contribution in [1.82, 2.24) is 0 Å². The van der Waals surface area contributed by atoms with Gasteiger partial charge in [-0.3, -0.25) is 0 Å². The quantitative estimate of drug-likeness (QED) is 0.436. The molecule has 1 rings (SSSR count). The normalized spacial score (nSPS) is 21.0. The van der Waals surface area contributed by atoms with Crippen LogP contribution >= 0.6 is 0 Å². The van der Waals surface area contributed by atoms with E-state index in [4.69, 9.17) is 9.60 Å². The van der Waals surface area contributed by atoms with Crippen molar-refractivity contribution >= 4 is 21.6 Å². The molecule has 0 amide bonds. The molecule has 1 aliphatic rings. The van der Waals surface area contributed by atoms with Gasteiger partial charge >= 0.3 is 21.6 Å². The van der Waals surface area contributed by atoms with Crippen LogP contribution < -0.4 is 0 Å². The van der Waals surface area contributed by atoms with Crippen molar-refractivity contribution in [3.63, 3.8) is 0 Å². The zero-order chi connectivity index (χ0) is 6.85. The Labute approximate surface area is 54.9 Å². The van der Waals surface area contributed by atoms with E-state index in [1.54, 1.807) is 13.6 Å². The van der Waals surface area contributed by atoms with Gasteiger partial charge in [-0.05, 0) is 13.6 Å². The highest BCUT2D eigenvalue weighted by atomic mass is 16.8. The Hall–Kier alpha value is 0.0348. The summed E-state index contributed by atoms with van der Waals surface area (Å²) in [6.45, 7) is 3.39. The maximum absolute atomic E-state index is 8.73. The van der Waals surface area contributed by atoms with E-state index in [0.717, 1.165) is 0 Å². The van der Waals surface area contributed by atoms with E-state index in [9.17, 15) is 0 Å². The minimum absolute atomic E-state index is 0.385. The fraction of sp³-hybridized carbons (Fsp3) is 1.00. The molecule has 1 N–H and O–H groups in total. The van der Waals surface area contributed by atoms with Crippen LogP contribution in [0, 0.1) is 0 Å². The Morgan fingerprint density at radius 3 is 1.78 bits per heavy atom. The van der Waals surface area contributed by atoms with Crippen LogP contribution in [-0.4, -0.2) is 26.6 Å². The lowest BCUT2D eigenvalue weighted by Crippen LogP contribution is -2.46. The molecule has 0 aromatic rings. The van der Waals surface area contributed by atoms with Crippen molar-refractivity contribution in [3.05, 3.63) is 0 Å². The molecule has 1 aliphatic heterocycles. The molecule has 0 saturated carbocycles. The molecule has 0 spiro atoms. The molecule has 0 aromatic heterocycles. The van der Waals surface area contributed by atoms with Crippen LogP contribution in [0.3, 0.4) is 0 Å². The molecule has 7 heteroatoms. The largest absolute Gasteiger partial charge is 0.608 e. The van der Waals surface area contributed by atoms with Crippen molar-refractivity contribution in [2.24, 2.45) is 0 Å². The van der Waals surface area contributed by atoms with E-state index in [-0.39, 0.29) is 14.2 Å². The van der Waals surface area contributed by atoms with Crippen LogP contribution in [0.2, 0.25) is 13.6 Å². The van der Waals surface area contributed by atoms with Crippen LogP contribution in [-0.2, 0) is 13.7 Å². The Balaban J connectivity index is 2.34. The lowest BCUT2D eigenvalue weighted by atomic mass is 9.79. The van der Waals surface area contributed by atoms with E-state index < -0.39 is 7.32 Å². The minimum atomic E-state index is -1.14. The fourth-order valence-electron chi connectivity index (χ4n) is 0.694. The van der Waals surface area contributed by atoms with Gasteiger partial charge in [0.05, 0.1) is 0 Å². The first-order chi connectivity index (χ1) is 4.18. The zero-order valence-electron chi connectivity index (χ0n) is 5.40. The van der Waals surface area contributed by atoms with E-state index in [2.05, 4.69) is 9.14 Å². The molecular formula is C2H7B3O4. The summed E-state index contributed by atoms with van der Waals surface area (Å²) in [5.74, 6) is 0. The first-order valence-corrected chi connectivity index (χ1v) is 2.83. The second kappa shape index (κ2) is 2.75. The van der Waals surface area contributed by atoms with Crippen molar-refractivity contribution in [1.29, 1.82) is 0 Å². The summed E-state index contributed by atoms with van der Waals surface area (Å²) in [7, 11) is -1.91. The average Bonchev–Trinajstić information content (AvgIpc) is 1.59. The molecule has 1 heterocycles. The Kier molecular flexibility index (Phi) is 2.18. The molecule has 0 aliphatic carbocycles. The summed E-state index contributed by atoms with van der Waals surface area (Å²) in [6.07, 6.45) is 0. The lowest BCUT2D eigenvalue weighted by molar-refractivity contribution is 0.219. The van der Waals surface area contributed by atoms with Gasteiger partial charge in [0.2, 0.25) is 0 Å². The monoisotopic (exact) mass is 128 g/mol. The first-order valence-electron chi connectivity index (χ1n) is 2.83. The SMILES string of the molecule is CB1OB(C)OB(O)O1. The van der Waals surface area contributed by atoms with Gasteiger partial charge in [-0.2, -0.15) is 0 Å². The van der Waals surface area contributed by atoms with E-state index in [1.165, 1.54) is 0 Å². The number of hydrogen-bond acceptors (Lipinski definition) is 4. The summed E-state index contributed by atoms with van der Waals surface area (Å²) < 4.78 is 14.3. The first kappa shape index (κ1) is 7.15. The predicted molar refractivity (Wildman–Crippen MR) is 34.5 cm³/mol. The van der Waals surface area contributed by atoms with Crippen molar-refractivity contribution in [2.45, 2.75) is 13.6 Å². The van der Waals surface area contributed by atoms with E-state index >= 15 is 0 Å². The predicted octanol–water partition coefficient (Wildman–Crippen LogP) is -0.737. The van der Waals surface area contributed by atoms with Gasteiger partial charge < -0.3 is 18.7 Å². The van der Waals surface area contributed by atoms with Gasteiger partial charge in [-0.1, -0.05) is 0 Å². The molecule has 0 aromatic carbocycles. The van der Waals surface area contributed by atoms with Crippen LogP contribution in [0.1, 0.15) is 0 Å². The molecule has 0 bridgehead atoms. The lowest BCUT2D eigenvalue weighted by Gasteiger charge is -2.23. The molecule has 1 saturated heterocycles. The minimum Gasteiger partial charge on any atom is -0.453 e. The molecule has 9 heavy (non-hydrogen) atoms. The summed E-state index contributed by atoms with van der Waals surface area (Å²) in [4.78, 5) is 0. The van der Waals surface area contributed by atoms with Crippen molar-refractivity contribution in [3.8, 4) is 0 Å². The van der Waals surface area contributed by atoms with Crippen molar-refractivity contribution in [2.75, 3.05) is 0 Å². The third kappa shape index (κ3) is 2.02. The summed E-state index contributed by atoms with van der Waals surface area (Å²) >= 11 is 0. The summed E-state index contributed by atoms with van der Waals surface area (Å²) in [5.41, 5.74) is 0. The standard InChI is InChI=1S/C2H7B3O4/c1-3-7-4(2)9-5(6)8-3/h6H,1-2H3. The summed E-state index contributed by atoms with van der Waals surface area (Å²) in [5, 5.41) is 8.73. The van der Waals surface area contributed by atoms with E-state index in [0.29, 0.717) is 0 Å². The summed E-state index contributed by atoms with van der Waals surface area (Å²) in [6, 6.07) is 0. The molecule has 1 fully saturated rings. The molecule has 0 unspecified atom stereocenters. The van der Waals surface area contributed by atoms with Gasteiger partial charge in [0.25, 0.3) is 0 Å². The van der Waals surface area contributed by atoms with E-state index in [1.807, 2.05) is 0 Å². The molecule has 4 nitrogen and oxygen atoms in total. The molecule has 0 radical (unpaired) electrons. The van der Waals surface area contributed by atoms with Gasteiger partial charge in [-0.25, -0.2) is 0 Å². The van der Waals surface area contributed by atoms with Gasteiger partial charge in [0.1, 0.15) is 0 Å². The smallest absolute Gasteiger partial charge is 0.453 e. The molecule has 48 valence electrons. The van der Waals surface area contributed by atoms with Gasteiger partial charge in [-0.15, -0.1) is 0 Å². The van der Waals surface area contributed by atoms with Gasteiger partial charge in [0.15, 0.2) is 0 Å². The van der Waals surface area contributed by atoms with Crippen LogP contribution in [0.5, 0.6) is 0 Å². The van der Waals surface area contributed by atoms with Gasteiger partial charge in [0, 0.05) is 0 Å². The Morgan fingerprint density at radius 2 is 1.44 bits per heavy atom. The molecule has 0 atom stereocenters. The fourth-order valence-corrected chi connectivity index (χ4v) is 0.694. The second-order valence-electron chi connectivity index (χ2n) is 1.85. The third-order valence-corrected chi connectivity index (χ3v) is 0.999. The maximum Gasteiger partial charge on any atom is 0.608 e. The second-order valence-corrected chi connectivity index (χ2v) is 1.85. The highest BCUT2D eigenvalue weighted by Gasteiger charge is 2.34. The average molecular weight is 128 g/mol. The number of rotatable bonds is 0. The topological polar surface area (TPSA) is 47.9 Å². The van der Waals surface area contributed by atoms with Crippen LogP contribution in [0.25, 0.3) is 0 Å². The highest BCUT2D eigenvalue weighted by Crippen LogP contribution is 2.04. The van der Waals surface area contributed by atoms with Crippen LogP contribution in [0.15, 0.2) is 0 Å². The van der Waals surface area contributed by atoms with Crippen molar-refractivity contribution < 1.29 is 18.7 Å². The third-order valence-electron chi connectivity index (χ3n) is 0.999.